The highest BCUT2D eigenvalue weighted by molar-refractivity contribution is 6.16. The fourth-order valence-corrected chi connectivity index (χ4v) is 5.49. The van der Waals surface area contributed by atoms with Crippen LogP contribution in [0.3, 0.4) is 0 Å². The van der Waals surface area contributed by atoms with Gasteiger partial charge in [-0.25, -0.2) is 15.0 Å². The van der Waals surface area contributed by atoms with E-state index >= 15 is 0 Å². The Kier molecular flexibility index (Phi) is 8.49. The van der Waals surface area contributed by atoms with Crippen LogP contribution in [0.5, 0.6) is 28.9 Å². The minimum absolute atomic E-state index is 0.297. The molecule has 0 radical (unpaired) electrons. The van der Waals surface area contributed by atoms with E-state index in [-0.39, 0.29) is 11.8 Å². The van der Waals surface area contributed by atoms with E-state index < -0.39 is 5.41 Å². The molecule has 4 heterocycles. The van der Waals surface area contributed by atoms with Crippen LogP contribution in [-0.4, -0.2) is 84.3 Å². The van der Waals surface area contributed by atoms with Crippen LogP contribution in [0.1, 0.15) is 19.3 Å². The number of aromatic nitrogens is 3. The van der Waals surface area contributed by atoms with Gasteiger partial charge >= 0.3 is 0 Å². The fraction of sp³-hybridized carbons (Fsp3) is 0.364. The number of rotatable bonds is 11. The molecular weight excluding hydrogens is 592 g/mol. The maximum absolute atomic E-state index is 13.1. The first-order chi connectivity index (χ1) is 22.6. The van der Waals surface area contributed by atoms with Crippen molar-refractivity contribution >= 4 is 34.2 Å². The summed E-state index contributed by atoms with van der Waals surface area (Å²) >= 11 is 0. The third-order valence-corrected chi connectivity index (χ3v) is 8.18. The number of hydrogen-bond donors (Lipinski definition) is 2. The van der Waals surface area contributed by atoms with Gasteiger partial charge in [0.15, 0.2) is 11.5 Å². The number of morpholine rings is 1. The molecule has 2 N–H and O–H groups in total. The Bertz CT molecular complexity index is 1710. The van der Waals surface area contributed by atoms with Crippen molar-refractivity contribution in [1.29, 1.82) is 0 Å². The van der Waals surface area contributed by atoms with Gasteiger partial charge in [-0.3, -0.25) is 14.5 Å². The monoisotopic (exact) mass is 626 g/mol. The van der Waals surface area contributed by atoms with Gasteiger partial charge in [0.05, 0.1) is 25.3 Å². The molecule has 3 aliphatic rings. The summed E-state index contributed by atoms with van der Waals surface area (Å²) in [6, 6.07) is 13.9. The van der Waals surface area contributed by atoms with Crippen LogP contribution < -0.4 is 29.6 Å². The molecule has 238 valence electrons. The van der Waals surface area contributed by atoms with E-state index in [0.29, 0.717) is 83.9 Å². The number of fused-ring (bicyclic) bond motifs is 3. The smallest absolute Gasteiger partial charge is 0.241 e. The lowest BCUT2D eigenvalue weighted by molar-refractivity contribution is -0.131. The zero-order valence-corrected chi connectivity index (χ0v) is 25.2. The van der Waals surface area contributed by atoms with E-state index in [0.717, 1.165) is 39.3 Å². The van der Waals surface area contributed by atoms with E-state index in [1.54, 1.807) is 48.7 Å². The molecule has 2 fully saturated rings. The summed E-state index contributed by atoms with van der Waals surface area (Å²) in [4.78, 5) is 41.3. The minimum Gasteiger partial charge on any atom is -0.489 e. The van der Waals surface area contributed by atoms with Crippen molar-refractivity contribution in [3.05, 3.63) is 61.1 Å². The molecule has 2 aromatic heterocycles. The van der Waals surface area contributed by atoms with Crippen LogP contribution in [-0.2, 0) is 14.3 Å². The zero-order valence-electron chi connectivity index (χ0n) is 25.2. The standard InChI is InChI=1S/C33H34N6O7/c40-31(33(9-10-33)32(41)38-26-4-1-2-11-34-26)37-22-5-7-23(8-6-22)46-30-27-24(35-21-36-30)20-25(28-29(27)45-19-18-44-28)43-15-3-12-39-13-16-42-17-14-39/h1-2,4-8,11,20-21H,3,9-10,12-19H2,(H,37,40)(H,34,38,41). The van der Waals surface area contributed by atoms with E-state index in [1.165, 1.54) is 6.33 Å². The molecule has 2 aromatic carbocycles. The molecule has 13 nitrogen and oxygen atoms in total. The Hall–Kier alpha value is -5.01. The van der Waals surface area contributed by atoms with E-state index in [1.807, 2.05) is 6.07 Å². The summed E-state index contributed by atoms with van der Waals surface area (Å²) in [5.41, 5.74) is 0.0188. The van der Waals surface area contributed by atoms with Crippen LogP contribution in [0.4, 0.5) is 11.5 Å². The van der Waals surface area contributed by atoms with Crippen molar-refractivity contribution in [1.82, 2.24) is 19.9 Å². The number of benzene rings is 2. The normalized spacial score (nSPS) is 16.8. The topological polar surface area (TPSA) is 146 Å². The van der Waals surface area contributed by atoms with E-state index in [9.17, 15) is 9.59 Å². The second-order valence-corrected chi connectivity index (χ2v) is 11.3. The van der Waals surface area contributed by atoms with Gasteiger partial charge in [-0.1, -0.05) is 6.07 Å². The van der Waals surface area contributed by atoms with Crippen LogP contribution in [0.25, 0.3) is 10.9 Å². The lowest BCUT2D eigenvalue weighted by Crippen LogP contribution is -2.37. The SMILES string of the molecule is O=C(Nc1ccc(Oc2ncnc3cc(OCCCN4CCOCC4)c4c(c23)OCCO4)cc1)C1(C(=O)Nc2ccccn2)CC1. The summed E-state index contributed by atoms with van der Waals surface area (Å²) in [5.74, 6) is 2.01. The predicted molar refractivity (Wildman–Crippen MR) is 168 cm³/mol. The van der Waals surface area contributed by atoms with Crippen molar-refractivity contribution in [2.24, 2.45) is 5.41 Å². The zero-order chi connectivity index (χ0) is 31.3. The average Bonchev–Trinajstić information content (AvgIpc) is 3.91. The number of anilines is 2. The van der Waals surface area contributed by atoms with Crippen molar-refractivity contribution < 1.29 is 33.3 Å². The largest absolute Gasteiger partial charge is 0.489 e. The summed E-state index contributed by atoms with van der Waals surface area (Å²) in [6.45, 7) is 5.62. The van der Waals surface area contributed by atoms with Gasteiger partial charge in [0.1, 0.15) is 41.9 Å². The van der Waals surface area contributed by atoms with Crippen LogP contribution in [0, 0.1) is 5.41 Å². The minimum atomic E-state index is -1.11. The number of hydrogen-bond acceptors (Lipinski definition) is 11. The van der Waals surface area contributed by atoms with Crippen molar-refractivity contribution in [2.75, 3.05) is 63.3 Å². The van der Waals surface area contributed by atoms with Gasteiger partial charge < -0.3 is 34.3 Å². The highest BCUT2D eigenvalue weighted by Gasteiger charge is 2.56. The molecule has 0 spiro atoms. The first-order valence-corrected chi connectivity index (χ1v) is 15.4. The van der Waals surface area contributed by atoms with Gasteiger partial charge in [0.2, 0.25) is 23.4 Å². The summed E-state index contributed by atoms with van der Waals surface area (Å²) in [5, 5.41) is 6.17. The quantitative estimate of drug-likeness (QED) is 0.184. The van der Waals surface area contributed by atoms with Crippen molar-refractivity contribution in [2.45, 2.75) is 19.3 Å². The van der Waals surface area contributed by atoms with Gasteiger partial charge in [-0.2, -0.15) is 0 Å². The molecule has 4 aromatic rings. The van der Waals surface area contributed by atoms with Gasteiger partial charge in [-0.05, 0) is 55.7 Å². The van der Waals surface area contributed by atoms with Crippen molar-refractivity contribution in [3.63, 3.8) is 0 Å². The molecular formula is C33H34N6O7. The van der Waals surface area contributed by atoms with Crippen molar-refractivity contribution in [3.8, 4) is 28.9 Å². The number of carbonyl (C=O) groups excluding carboxylic acids is 2. The third kappa shape index (κ3) is 6.37. The highest BCUT2D eigenvalue weighted by Crippen LogP contribution is 2.49. The maximum Gasteiger partial charge on any atom is 0.241 e. The molecule has 2 aliphatic heterocycles. The van der Waals surface area contributed by atoms with E-state index in [4.69, 9.17) is 23.7 Å². The second-order valence-electron chi connectivity index (χ2n) is 11.3. The number of ether oxygens (including phenoxy) is 5. The Morgan fingerprint density at radius 1 is 0.891 bits per heavy atom. The summed E-state index contributed by atoms with van der Waals surface area (Å²) < 4.78 is 29.8. The molecule has 0 unspecified atom stereocenters. The molecule has 1 aliphatic carbocycles. The number of carbonyl (C=O) groups is 2. The highest BCUT2D eigenvalue weighted by atomic mass is 16.6. The second kappa shape index (κ2) is 13.2. The molecule has 1 saturated carbocycles. The molecule has 0 atom stereocenters. The predicted octanol–water partition coefficient (Wildman–Crippen LogP) is 4.05. The average molecular weight is 627 g/mol. The molecule has 46 heavy (non-hydrogen) atoms. The Labute approximate surface area is 265 Å². The number of amides is 2. The summed E-state index contributed by atoms with van der Waals surface area (Å²) in [6.07, 6.45) is 4.81. The number of nitrogens with zero attached hydrogens (tertiary/aromatic N) is 4. The van der Waals surface area contributed by atoms with Crippen LogP contribution in [0.2, 0.25) is 0 Å². The van der Waals surface area contributed by atoms with Gasteiger partial charge in [0, 0.05) is 37.6 Å². The van der Waals surface area contributed by atoms with Gasteiger partial charge in [0.25, 0.3) is 0 Å². The Morgan fingerprint density at radius 3 is 2.43 bits per heavy atom. The molecule has 0 bridgehead atoms. The first-order valence-electron chi connectivity index (χ1n) is 15.4. The molecule has 13 heteroatoms. The first kappa shape index (κ1) is 29.7. The number of nitrogens with one attached hydrogen (secondary N) is 2. The van der Waals surface area contributed by atoms with Gasteiger partial charge in [-0.15, -0.1) is 0 Å². The molecule has 1 saturated heterocycles. The number of pyridine rings is 1. The van der Waals surface area contributed by atoms with E-state index in [2.05, 4.69) is 30.5 Å². The Morgan fingerprint density at radius 2 is 1.67 bits per heavy atom. The molecule has 7 rings (SSSR count). The lowest BCUT2D eigenvalue weighted by Gasteiger charge is -2.26. The van der Waals surface area contributed by atoms with Crippen LogP contribution in [0.15, 0.2) is 61.1 Å². The Balaban J connectivity index is 1.02. The fourth-order valence-electron chi connectivity index (χ4n) is 5.49. The lowest BCUT2D eigenvalue weighted by atomic mass is 10.0. The maximum atomic E-state index is 13.1. The van der Waals surface area contributed by atoms with Crippen LogP contribution >= 0.6 is 0 Å². The molecule has 2 amide bonds. The third-order valence-electron chi connectivity index (χ3n) is 8.18. The summed E-state index contributed by atoms with van der Waals surface area (Å²) in [7, 11) is 0.